The highest BCUT2D eigenvalue weighted by Gasteiger charge is 2.49. The van der Waals surface area contributed by atoms with E-state index in [-0.39, 0.29) is 23.1 Å². The molecule has 0 amide bonds. The topological polar surface area (TPSA) is 21.3 Å². The normalized spacial score (nSPS) is 17.4. The maximum absolute atomic E-state index is 6.86. The van der Waals surface area contributed by atoms with Crippen molar-refractivity contribution in [1.29, 1.82) is 0 Å². The van der Waals surface area contributed by atoms with Gasteiger partial charge in [-0.25, -0.2) is 0 Å². The number of aromatic nitrogens is 1. The van der Waals surface area contributed by atoms with Crippen LogP contribution in [0.5, 0.6) is 0 Å². The van der Waals surface area contributed by atoms with Crippen LogP contribution in [-0.2, 0) is 16.2 Å². The van der Waals surface area contributed by atoms with Crippen LogP contribution in [-0.4, -0.2) is 11.3 Å². The molecule has 0 radical (unpaired) electrons. The van der Waals surface area contributed by atoms with Gasteiger partial charge >= 0.3 is 6.85 Å². The summed E-state index contributed by atoms with van der Waals surface area (Å²) in [4.78, 5) is 2.73. The molecule has 0 fully saturated rings. The van der Waals surface area contributed by atoms with Gasteiger partial charge in [0.1, 0.15) is 5.58 Å². The summed E-state index contributed by atoms with van der Waals surface area (Å²) >= 11 is 0. The average molecular weight is 749 g/mol. The molecule has 9 aromatic rings. The molecule has 58 heavy (non-hydrogen) atoms. The first-order chi connectivity index (χ1) is 28.0. The molecule has 0 saturated carbocycles. The van der Waals surface area contributed by atoms with Crippen LogP contribution in [0.2, 0.25) is 0 Å². The van der Waals surface area contributed by atoms with Crippen molar-refractivity contribution in [3.8, 4) is 22.3 Å². The van der Waals surface area contributed by atoms with Gasteiger partial charge in [0.05, 0.1) is 5.52 Å². The molecule has 0 bridgehead atoms. The molecule has 0 spiro atoms. The van der Waals surface area contributed by atoms with Crippen LogP contribution < -0.4 is 15.8 Å². The zero-order valence-electron chi connectivity index (χ0n) is 34.3. The maximum atomic E-state index is 6.86. The van der Waals surface area contributed by atoms with Gasteiger partial charge in [-0.1, -0.05) is 133 Å². The minimum Gasteiger partial charge on any atom is -0.454 e. The zero-order valence-corrected chi connectivity index (χ0v) is 34.3. The molecule has 13 rings (SSSR count). The molecule has 4 heterocycles. The Hall–Kier alpha value is -6.00. The van der Waals surface area contributed by atoms with E-state index in [1.165, 1.54) is 123 Å². The average Bonchev–Trinajstić information content (AvgIpc) is 3.83. The molecule has 2 aromatic heterocycles. The number of benzene rings is 7. The van der Waals surface area contributed by atoms with E-state index in [9.17, 15) is 0 Å². The highest BCUT2D eigenvalue weighted by atomic mass is 16.3. The predicted octanol–water partition coefficient (Wildman–Crippen LogP) is 13.1. The van der Waals surface area contributed by atoms with Crippen molar-refractivity contribution >= 4 is 78.6 Å². The van der Waals surface area contributed by atoms with Gasteiger partial charge in [0.25, 0.3) is 0 Å². The second-order valence-electron chi connectivity index (χ2n) is 19.5. The number of fused-ring (bicyclic) bond motifs is 16. The minimum atomic E-state index is -0.230. The third-order valence-electron chi connectivity index (χ3n) is 15.1. The number of aryl methyl sites for hydroxylation is 1. The second-order valence-corrected chi connectivity index (χ2v) is 19.5. The Balaban J connectivity index is 1.25. The Morgan fingerprint density at radius 2 is 1.28 bits per heavy atom. The highest BCUT2D eigenvalue weighted by Crippen LogP contribution is 2.58. The smallest absolute Gasteiger partial charge is 0.333 e. The van der Waals surface area contributed by atoms with Crippen molar-refractivity contribution in [2.45, 2.75) is 77.6 Å². The molecule has 2 aliphatic carbocycles. The molecule has 2 aliphatic heterocycles. The lowest BCUT2D eigenvalue weighted by molar-refractivity contribution is 0.332. The first-order valence-corrected chi connectivity index (χ1v) is 21.2. The van der Waals surface area contributed by atoms with Gasteiger partial charge < -0.3 is 13.8 Å². The van der Waals surface area contributed by atoms with Crippen molar-refractivity contribution in [3.05, 3.63) is 149 Å². The largest absolute Gasteiger partial charge is 0.454 e. The summed E-state index contributed by atoms with van der Waals surface area (Å²) in [6.07, 6.45) is 2.37. The summed E-state index contributed by atoms with van der Waals surface area (Å²) in [5, 5.41) is 4.91. The van der Waals surface area contributed by atoms with Gasteiger partial charge in [-0.05, 0) is 127 Å². The first kappa shape index (κ1) is 33.0. The van der Waals surface area contributed by atoms with Crippen LogP contribution in [0, 0.1) is 6.92 Å². The van der Waals surface area contributed by atoms with Crippen molar-refractivity contribution < 1.29 is 4.42 Å². The first-order valence-electron chi connectivity index (χ1n) is 21.2. The fourth-order valence-corrected chi connectivity index (χ4v) is 12.2. The molecule has 4 aliphatic rings. The van der Waals surface area contributed by atoms with Crippen LogP contribution in [0.15, 0.2) is 126 Å². The molecular weight excluding hydrogens is 703 g/mol. The van der Waals surface area contributed by atoms with Crippen molar-refractivity contribution in [2.24, 2.45) is 0 Å². The summed E-state index contributed by atoms with van der Waals surface area (Å²) in [7, 11) is 0. The Kier molecular flexibility index (Phi) is 6.00. The molecule has 280 valence electrons. The molecule has 3 nitrogen and oxygen atoms in total. The third-order valence-corrected chi connectivity index (χ3v) is 15.1. The van der Waals surface area contributed by atoms with Crippen LogP contribution in [0.4, 0.5) is 17.1 Å². The summed E-state index contributed by atoms with van der Waals surface area (Å²) in [6, 6.07) is 46.3. The molecular formula is C54H45BN2O. The standard InChI is InChI=1S/C54H45BN2O/c1-30-27-39-40(53(4,5)26-25-52(39,2)3)29-42(30)56-43-28-31-15-8-9-16-32(31)45-36-19-14-20-37-48(36)57(49-35-18-11-13-22-44(35)58-51(37)49)55(47(43)45)41-24-23-34-33-17-10-12-21-38(33)54(6,7)46(34)50(41)56/h8-24,27-29H,25-26H2,1-7H3. The summed E-state index contributed by atoms with van der Waals surface area (Å²) in [5.74, 6) is 0. The van der Waals surface area contributed by atoms with E-state index in [4.69, 9.17) is 4.42 Å². The minimum absolute atomic E-state index is 0.0645. The van der Waals surface area contributed by atoms with E-state index in [1.807, 2.05) is 0 Å². The Labute approximate surface area is 340 Å². The second kappa shape index (κ2) is 10.5. The molecule has 7 aromatic carbocycles. The Morgan fingerprint density at radius 1 is 0.586 bits per heavy atom. The number of furan rings is 1. The van der Waals surface area contributed by atoms with Crippen LogP contribution in [0.25, 0.3) is 66.0 Å². The summed E-state index contributed by atoms with van der Waals surface area (Å²) in [6.45, 7) is 17.0. The van der Waals surface area contributed by atoms with Gasteiger partial charge in [0, 0.05) is 44.3 Å². The summed E-state index contributed by atoms with van der Waals surface area (Å²) < 4.78 is 9.54. The van der Waals surface area contributed by atoms with Crippen molar-refractivity contribution in [3.63, 3.8) is 0 Å². The molecule has 0 N–H and O–H groups in total. The fourth-order valence-electron chi connectivity index (χ4n) is 12.2. The quantitative estimate of drug-likeness (QED) is 0.156. The zero-order chi connectivity index (χ0) is 39.2. The number of para-hydroxylation sites is 2. The SMILES string of the molecule is Cc1cc2c(cc1N1c3cc4ccccc4c4c3B(c3ccc5c(c31)C(C)(C)c1ccccc1-5)n1c3c-4cccc3c3oc4ccccc4c31)C(C)(C)CCC2(C)C. The number of rotatable bonds is 1. The monoisotopic (exact) mass is 748 g/mol. The van der Waals surface area contributed by atoms with E-state index >= 15 is 0 Å². The van der Waals surface area contributed by atoms with Gasteiger partial charge in [0.15, 0.2) is 5.58 Å². The number of nitrogens with zero attached hydrogens (tertiary/aromatic N) is 2. The van der Waals surface area contributed by atoms with Gasteiger partial charge in [-0.15, -0.1) is 0 Å². The third kappa shape index (κ3) is 3.83. The lowest BCUT2D eigenvalue weighted by atomic mass is 9.44. The fraction of sp³-hybridized carbons (Fsp3) is 0.222. The Morgan fingerprint density at radius 3 is 2.10 bits per heavy atom. The van der Waals surface area contributed by atoms with E-state index < -0.39 is 0 Å². The van der Waals surface area contributed by atoms with Gasteiger partial charge in [-0.2, -0.15) is 0 Å². The van der Waals surface area contributed by atoms with Gasteiger partial charge in [0.2, 0.25) is 0 Å². The predicted molar refractivity (Wildman–Crippen MR) is 245 cm³/mol. The van der Waals surface area contributed by atoms with Crippen molar-refractivity contribution in [1.82, 2.24) is 4.48 Å². The Bertz CT molecular complexity index is 3350. The van der Waals surface area contributed by atoms with Crippen LogP contribution in [0.3, 0.4) is 0 Å². The van der Waals surface area contributed by atoms with Crippen molar-refractivity contribution in [2.75, 3.05) is 4.90 Å². The molecule has 0 atom stereocenters. The number of hydrogen-bond acceptors (Lipinski definition) is 2. The van der Waals surface area contributed by atoms with Crippen LogP contribution in [0.1, 0.15) is 82.2 Å². The van der Waals surface area contributed by atoms with Gasteiger partial charge in [-0.3, -0.25) is 0 Å². The molecule has 0 saturated heterocycles. The highest BCUT2D eigenvalue weighted by molar-refractivity contribution is 6.90. The summed E-state index contributed by atoms with van der Waals surface area (Å²) in [5.41, 5.74) is 23.4. The number of anilines is 3. The van der Waals surface area contributed by atoms with E-state index in [1.54, 1.807) is 0 Å². The van der Waals surface area contributed by atoms with E-state index in [2.05, 4.69) is 179 Å². The number of hydrogen-bond donors (Lipinski definition) is 0. The maximum Gasteiger partial charge on any atom is 0.333 e. The molecule has 0 unspecified atom stereocenters. The molecule has 4 heteroatoms. The lowest BCUT2D eigenvalue weighted by Gasteiger charge is -2.46. The van der Waals surface area contributed by atoms with E-state index in [0.29, 0.717) is 0 Å². The van der Waals surface area contributed by atoms with Crippen LogP contribution >= 0.6 is 0 Å². The van der Waals surface area contributed by atoms with E-state index in [0.717, 1.165) is 11.2 Å². The lowest BCUT2D eigenvalue weighted by Crippen LogP contribution is -2.57.